The lowest BCUT2D eigenvalue weighted by Gasteiger charge is -2.20. The van der Waals surface area contributed by atoms with E-state index >= 15 is 0 Å². The molecule has 0 fully saturated rings. The molecule has 170 valence electrons. The predicted molar refractivity (Wildman–Crippen MR) is 119 cm³/mol. The molecule has 0 aromatic heterocycles. The van der Waals surface area contributed by atoms with Gasteiger partial charge >= 0.3 is 12.1 Å². The van der Waals surface area contributed by atoms with Crippen molar-refractivity contribution in [2.45, 2.75) is 45.3 Å². The fraction of sp³-hybridized carbons (Fsp3) is 0.360. The first-order chi connectivity index (χ1) is 15.4. The first-order valence-electron chi connectivity index (χ1n) is 10.6. The molecule has 0 heterocycles. The molecule has 1 amide bonds. The van der Waals surface area contributed by atoms with E-state index < -0.39 is 29.8 Å². The Bertz CT molecular complexity index is 897. The topological polar surface area (TPSA) is 98.8 Å². The number of benzene rings is 2. The van der Waals surface area contributed by atoms with E-state index in [1.54, 1.807) is 6.92 Å². The number of ketones is 2. The molecule has 2 aromatic rings. The van der Waals surface area contributed by atoms with Crippen molar-refractivity contribution in [1.29, 1.82) is 0 Å². The Labute approximate surface area is 188 Å². The summed E-state index contributed by atoms with van der Waals surface area (Å²) in [5, 5.41) is 2.73. The van der Waals surface area contributed by atoms with E-state index in [2.05, 4.69) is 5.32 Å². The number of ether oxygens (including phenoxy) is 2. The molecular formula is C25H29NO6. The van der Waals surface area contributed by atoms with Crippen molar-refractivity contribution in [1.82, 2.24) is 5.32 Å². The van der Waals surface area contributed by atoms with Gasteiger partial charge in [-0.15, -0.1) is 0 Å². The van der Waals surface area contributed by atoms with Gasteiger partial charge in [0.2, 0.25) is 0 Å². The number of amides is 1. The molecule has 0 aliphatic carbocycles. The lowest BCUT2D eigenvalue weighted by atomic mass is 9.91. The number of rotatable bonds is 12. The maximum absolute atomic E-state index is 12.9. The van der Waals surface area contributed by atoms with Crippen LogP contribution in [0.1, 0.15) is 37.3 Å². The van der Waals surface area contributed by atoms with Gasteiger partial charge in [0, 0.05) is 25.3 Å². The van der Waals surface area contributed by atoms with Gasteiger partial charge in [0.1, 0.15) is 24.1 Å². The quantitative estimate of drug-likeness (QED) is 0.400. The van der Waals surface area contributed by atoms with E-state index in [4.69, 9.17) is 9.47 Å². The number of hydrogen-bond acceptors (Lipinski definition) is 6. The molecular weight excluding hydrogens is 410 g/mol. The Morgan fingerprint density at radius 2 is 1.47 bits per heavy atom. The first kappa shape index (κ1) is 24.8. The second-order valence-corrected chi connectivity index (χ2v) is 7.44. The van der Waals surface area contributed by atoms with Gasteiger partial charge in [-0.05, 0) is 17.5 Å². The lowest BCUT2D eigenvalue weighted by molar-refractivity contribution is -0.151. The van der Waals surface area contributed by atoms with Crippen molar-refractivity contribution in [2.75, 3.05) is 7.11 Å². The highest BCUT2D eigenvalue weighted by molar-refractivity contribution is 6.02. The highest BCUT2D eigenvalue weighted by atomic mass is 16.5. The minimum Gasteiger partial charge on any atom is -0.468 e. The van der Waals surface area contributed by atoms with Crippen molar-refractivity contribution in [2.24, 2.45) is 5.92 Å². The summed E-state index contributed by atoms with van der Waals surface area (Å²) in [5.74, 6) is -2.60. The molecule has 32 heavy (non-hydrogen) atoms. The number of carbonyl (C=O) groups excluding carboxylic acids is 4. The maximum Gasteiger partial charge on any atom is 0.407 e. The monoisotopic (exact) mass is 439 g/mol. The Balaban J connectivity index is 2.08. The molecule has 0 aliphatic rings. The van der Waals surface area contributed by atoms with Crippen LogP contribution >= 0.6 is 0 Å². The Morgan fingerprint density at radius 3 is 2.03 bits per heavy atom. The van der Waals surface area contributed by atoms with E-state index in [1.807, 2.05) is 60.7 Å². The van der Waals surface area contributed by atoms with Gasteiger partial charge in [0.25, 0.3) is 0 Å². The van der Waals surface area contributed by atoms with E-state index in [9.17, 15) is 19.2 Å². The SMILES string of the molecule is CCC(=O)CC(C(=O)C[C@H](Cc1ccccc1)NC(=O)OCc1ccccc1)C(=O)OC. The number of carbonyl (C=O) groups is 4. The number of alkyl carbamates (subject to hydrolysis) is 1. The number of methoxy groups -OCH3 is 1. The van der Waals surface area contributed by atoms with Gasteiger partial charge in [-0.25, -0.2) is 4.79 Å². The summed E-state index contributed by atoms with van der Waals surface area (Å²) in [7, 11) is 1.18. The maximum atomic E-state index is 12.9. The van der Waals surface area contributed by atoms with Crippen LogP contribution in [0, 0.1) is 5.92 Å². The van der Waals surface area contributed by atoms with Crippen LogP contribution in [-0.2, 0) is 36.9 Å². The molecule has 0 saturated carbocycles. The normalized spacial score (nSPS) is 12.3. The van der Waals surface area contributed by atoms with Crippen LogP contribution in [0.2, 0.25) is 0 Å². The third-order valence-electron chi connectivity index (χ3n) is 5.01. The summed E-state index contributed by atoms with van der Waals surface area (Å²) in [6.45, 7) is 1.76. The molecule has 1 unspecified atom stereocenters. The summed E-state index contributed by atoms with van der Waals surface area (Å²) in [4.78, 5) is 49.3. The molecule has 2 aromatic carbocycles. The summed E-state index contributed by atoms with van der Waals surface area (Å²) in [6, 6.07) is 18.0. The zero-order chi connectivity index (χ0) is 23.3. The summed E-state index contributed by atoms with van der Waals surface area (Å²) in [5.41, 5.74) is 1.75. The molecule has 0 saturated heterocycles. The van der Waals surface area contributed by atoms with Crippen molar-refractivity contribution in [3.05, 3.63) is 71.8 Å². The fourth-order valence-electron chi connectivity index (χ4n) is 3.23. The zero-order valence-corrected chi connectivity index (χ0v) is 18.4. The second-order valence-electron chi connectivity index (χ2n) is 7.44. The molecule has 2 atom stereocenters. The lowest BCUT2D eigenvalue weighted by Crippen LogP contribution is -2.40. The average molecular weight is 440 g/mol. The number of nitrogens with one attached hydrogen (secondary N) is 1. The molecule has 0 aliphatic heterocycles. The van der Waals surface area contributed by atoms with Crippen LogP contribution in [0.3, 0.4) is 0 Å². The molecule has 7 heteroatoms. The number of Topliss-reactive ketones (excluding diaryl/α,β-unsaturated/α-hetero) is 2. The van der Waals surface area contributed by atoms with E-state index in [0.29, 0.717) is 6.42 Å². The number of esters is 1. The van der Waals surface area contributed by atoms with Gasteiger partial charge < -0.3 is 14.8 Å². The van der Waals surface area contributed by atoms with E-state index in [-0.39, 0.29) is 31.7 Å². The van der Waals surface area contributed by atoms with Crippen LogP contribution in [0.15, 0.2) is 60.7 Å². The van der Waals surface area contributed by atoms with Crippen LogP contribution in [0.5, 0.6) is 0 Å². The van der Waals surface area contributed by atoms with Crippen LogP contribution in [0.25, 0.3) is 0 Å². The van der Waals surface area contributed by atoms with Crippen LogP contribution in [-0.4, -0.2) is 36.8 Å². The van der Waals surface area contributed by atoms with Crippen molar-refractivity contribution >= 4 is 23.6 Å². The van der Waals surface area contributed by atoms with E-state index in [1.165, 1.54) is 7.11 Å². The first-order valence-corrected chi connectivity index (χ1v) is 10.6. The molecule has 1 N–H and O–H groups in total. The summed E-state index contributed by atoms with van der Waals surface area (Å²) >= 11 is 0. The molecule has 0 spiro atoms. The molecule has 7 nitrogen and oxygen atoms in total. The second kappa shape index (κ2) is 13.0. The number of hydrogen-bond donors (Lipinski definition) is 1. The minimum absolute atomic E-state index is 0.0917. The van der Waals surface area contributed by atoms with Gasteiger partial charge in [-0.1, -0.05) is 67.6 Å². The van der Waals surface area contributed by atoms with Crippen molar-refractivity contribution in [3.63, 3.8) is 0 Å². The molecule has 2 rings (SSSR count). The van der Waals surface area contributed by atoms with Crippen molar-refractivity contribution < 1.29 is 28.7 Å². The summed E-state index contributed by atoms with van der Waals surface area (Å²) < 4.78 is 10.0. The standard InChI is InChI=1S/C25H29NO6/c1-3-21(27)16-22(24(29)31-2)23(28)15-20(14-18-10-6-4-7-11-18)26-25(30)32-17-19-12-8-5-9-13-19/h4-13,20,22H,3,14-17H2,1-2H3,(H,26,30)/t20-,22?/m0/s1. The highest BCUT2D eigenvalue weighted by Gasteiger charge is 2.31. The van der Waals surface area contributed by atoms with Gasteiger partial charge in [0.15, 0.2) is 0 Å². The smallest absolute Gasteiger partial charge is 0.407 e. The van der Waals surface area contributed by atoms with Gasteiger partial charge in [-0.3, -0.25) is 14.4 Å². The fourth-order valence-corrected chi connectivity index (χ4v) is 3.23. The van der Waals surface area contributed by atoms with Gasteiger partial charge in [0.05, 0.1) is 7.11 Å². The third-order valence-corrected chi connectivity index (χ3v) is 5.01. The Kier molecular flexibility index (Phi) is 10.1. The average Bonchev–Trinajstić information content (AvgIpc) is 2.81. The van der Waals surface area contributed by atoms with Gasteiger partial charge in [-0.2, -0.15) is 0 Å². The third kappa shape index (κ3) is 8.34. The Morgan fingerprint density at radius 1 is 0.875 bits per heavy atom. The van der Waals surface area contributed by atoms with Crippen LogP contribution < -0.4 is 5.32 Å². The predicted octanol–water partition coefficient (Wildman–Crippen LogP) is 3.64. The minimum atomic E-state index is -1.19. The molecule has 0 radical (unpaired) electrons. The van der Waals surface area contributed by atoms with Crippen LogP contribution in [0.4, 0.5) is 4.79 Å². The largest absolute Gasteiger partial charge is 0.468 e. The zero-order valence-electron chi connectivity index (χ0n) is 18.4. The molecule has 0 bridgehead atoms. The summed E-state index contributed by atoms with van der Waals surface area (Å²) in [6.07, 6.45) is -0.423. The Hall–Kier alpha value is -3.48. The highest BCUT2D eigenvalue weighted by Crippen LogP contribution is 2.16. The van der Waals surface area contributed by atoms with E-state index in [0.717, 1.165) is 11.1 Å². The van der Waals surface area contributed by atoms with Crippen molar-refractivity contribution in [3.8, 4) is 0 Å².